The number of ether oxygens (including phenoxy) is 1. The highest BCUT2D eigenvalue weighted by molar-refractivity contribution is 7.89. The number of benzene rings is 2. The van der Waals surface area contributed by atoms with Crippen molar-refractivity contribution in [2.45, 2.75) is 24.9 Å². The Morgan fingerprint density at radius 2 is 1.81 bits per heavy atom. The molecule has 0 aliphatic heterocycles. The minimum atomic E-state index is -3.86. The lowest BCUT2D eigenvalue weighted by Gasteiger charge is -2.22. The summed E-state index contributed by atoms with van der Waals surface area (Å²) in [5.41, 5.74) is 1.39. The summed E-state index contributed by atoms with van der Waals surface area (Å²) in [5.74, 6) is 0.683. The van der Waals surface area contributed by atoms with E-state index in [9.17, 15) is 13.2 Å². The van der Waals surface area contributed by atoms with E-state index in [1.807, 2.05) is 13.0 Å². The Bertz CT molecular complexity index is 1370. The molecule has 0 spiro atoms. The van der Waals surface area contributed by atoms with E-state index in [0.717, 1.165) is 10.9 Å². The summed E-state index contributed by atoms with van der Waals surface area (Å²) < 4.78 is 33.7. The summed E-state index contributed by atoms with van der Waals surface area (Å²) in [4.78, 5) is 19.9. The van der Waals surface area contributed by atoms with Crippen molar-refractivity contribution >= 4 is 20.9 Å². The SMILES string of the molecule is CCOc1ccc2[nH]c(=O)c(CN(Cc3cccnc3)S(=O)(=O)c3ccccc3)cc2c1. The number of H-pyrrole nitrogens is 1. The Kier molecular flexibility index (Phi) is 6.34. The molecule has 1 N–H and O–H groups in total. The average molecular weight is 450 g/mol. The third kappa shape index (κ3) is 4.71. The first kappa shape index (κ1) is 21.7. The zero-order valence-electron chi connectivity index (χ0n) is 17.6. The van der Waals surface area contributed by atoms with Crippen molar-refractivity contribution in [3.8, 4) is 5.75 Å². The lowest BCUT2D eigenvalue weighted by atomic mass is 10.1. The van der Waals surface area contributed by atoms with E-state index in [-0.39, 0.29) is 23.5 Å². The van der Waals surface area contributed by atoms with E-state index in [1.54, 1.807) is 73.1 Å². The molecule has 0 aliphatic rings. The predicted octanol–water partition coefficient (Wildman–Crippen LogP) is 3.71. The molecule has 0 fully saturated rings. The molecule has 0 amide bonds. The minimum absolute atomic E-state index is 0.0849. The number of pyridine rings is 2. The molecule has 2 aromatic heterocycles. The van der Waals surface area contributed by atoms with Crippen molar-refractivity contribution in [1.29, 1.82) is 0 Å². The molecule has 0 aliphatic carbocycles. The molecule has 4 rings (SSSR count). The van der Waals surface area contributed by atoms with Crippen LogP contribution >= 0.6 is 0 Å². The third-order valence-corrected chi connectivity index (χ3v) is 6.82. The molecular weight excluding hydrogens is 426 g/mol. The number of aromatic amines is 1. The van der Waals surface area contributed by atoms with Crippen LogP contribution in [0.15, 0.2) is 88.8 Å². The number of sulfonamides is 1. The minimum Gasteiger partial charge on any atom is -0.494 e. The lowest BCUT2D eigenvalue weighted by molar-refractivity contribution is 0.340. The van der Waals surface area contributed by atoms with Crippen molar-refractivity contribution in [2.24, 2.45) is 0 Å². The number of hydrogen-bond acceptors (Lipinski definition) is 5. The first-order chi connectivity index (χ1) is 15.5. The van der Waals surface area contributed by atoms with Crippen LogP contribution < -0.4 is 10.3 Å². The van der Waals surface area contributed by atoms with Crippen molar-refractivity contribution in [1.82, 2.24) is 14.3 Å². The van der Waals surface area contributed by atoms with Crippen LogP contribution in [0.5, 0.6) is 5.75 Å². The highest BCUT2D eigenvalue weighted by Crippen LogP contribution is 2.23. The molecule has 8 heteroatoms. The predicted molar refractivity (Wildman–Crippen MR) is 123 cm³/mol. The van der Waals surface area contributed by atoms with Gasteiger partial charge in [-0.2, -0.15) is 4.31 Å². The lowest BCUT2D eigenvalue weighted by Crippen LogP contribution is -2.32. The maximum Gasteiger partial charge on any atom is 0.252 e. The van der Waals surface area contributed by atoms with Gasteiger partial charge in [0.05, 0.1) is 11.5 Å². The molecule has 0 saturated carbocycles. The normalized spacial score (nSPS) is 11.7. The second-order valence-corrected chi connectivity index (χ2v) is 9.19. The van der Waals surface area contributed by atoms with Gasteiger partial charge in [-0.05, 0) is 55.0 Å². The van der Waals surface area contributed by atoms with E-state index in [1.165, 1.54) is 4.31 Å². The van der Waals surface area contributed by atoms with Crippen LogP contribution in [0.3, 0.4) is 0 Å². The van der Waals surface area contributed by atoms with E-state index in [2.05, 4.69) is 9.97 Å². The molecule has 0 radical (unpaired) electrons. The maximum atomic E-state index is 13.4. The second-order valence-electron chi connectivity index (χ2n) is 7.25. The standard InChI is InChI=1S/C24H23N3O4S/c1-2-31-21-10-11-23-19(14-21)13-20(24(28)26-23)17-27(16-18-7-6-12-25-15-18)32(29,30)22-8-4-3-5-9-22/h3-15H,2,16-17H2,1H3,(H,26,28). The van der Waals surface area contributed by atoms with Gasteiger partial charge < -0.3 is 9.72 Å². The van der Waals surface area contributed by atoms with Gasteiger partial charge >= 0.3 is 0 Å². The number of fused-ring (bicyclic) bond motifs is 1. The van der Waals surface area contributed by atoms with Gasteiger partial charge in [0, 0.05) is 41.9 Å². The van der Waals surface area contributed by atoms with E-state index in [4.69, 9.17) is 4.74 Å². The fourth-order valence-corrected chi connectivity index (χ4v) is 4.88. The fraction of sp³-hybridized carbons (Fsp3) is 0.167. The van der Waals surface area contributed by atoms with Gasteiger partial charge in [-0.15, -0.1) is 0 Å². The number of hydrogen-bond donors (Lipinski definition) is 1. The third-order valence-electron chi connectivity index (χ3n) is 5.01. The topological polar surface area (TPSA) is 92.4 Å². The van der Waals surface area contributed by atoms with Gasteiger partial charge in [-0.25, -0.2) is 8.42 Å². The fourth-order valence-electron chi connectivity index (χ4n) is 3.46. The van der Waals surface area contributed by atoms with Crippen LogP contribution in [-0.4, -0.2) is 29.3 Å². The molecule has 2 heterocycles. The van der Waals surface area contributed by atoms with Crippen LogP contribution in [0.4, 0.5) is 0 Å². The zero-order chi connectivity index (χ0) is 22.6. The molecule has 0 saturated heterocycles. The molecule has 4 aromatic rings. The molecule has 2 aromatic carbocycles. The Morgan fingerprint density at radius 1 is 1.00 bits per heavy atom. The highest BCUT2D eigenvalue weighted by atomic mass is 32.2. The molecule has 32 heavy (non-hydrogen) atoms. The van der Waals surface area contributed by atoms with Crippen LogP contribution in [-0.2, 0) is 23.1 Å². The van der Waals surface area contributed by atoms with Gasteiger partial charge in [0.15, 0.2) is 0 Å². The van der Waals surface area contributed by atoms with Gasteiger partial charge in [-0.3, -0.25) is 9.78 Å². The molecular formula is C24H23N3O4S. The monoisotopic (exact) mass is 449 g/mol. The number of rotatable bonds is 8. The summed E-state index contributed by atoms with van der Waals surface area (Å²) in [6, 6.07) is 18.9. The van der Waals surface area contributed by atoms with E-state index in [0.29, 0.717) is 23.4 Å². The maximum absolute atomic E-state index is 13.4. The van der Waals surface area contributed by atoms with Crippen molar-refractivity contribution in [2.75, 3.05) is 6.61 Å². The van der Waals surface area contributed by atoms with Crippen molar-refractivity contribution < 1.29 is 13.2 Å². The van der Waals surface area contributed by atoms with E-state index >= 15 is 0 Å². The Hall–Kier alpha value is -3.49. The number of aromatic nitrogens is 2. The molecule has 164 valence electrons. The van der Waals surface area contributed by atoms with Crippen LogP contribution in [0.25, 0.3) is 10.9 Å². The second kappa shape index (κ2) is 9.33. The van der Waals surface area contributed by atoms with Crippen LogP contribution in [0.1, 0.15) is 18.1 Å². The van der Waals surface area contributed by atoms with Gasteiger partial charge in [-0.1, -0.05) is 24.3 Å². The van der Waals surface area contributed by atoms with Crippen LogP contribution in [0, 0.1) is 0 Å². The molecule has 0 atom stereocenters. The summed E-state index contributed by atoms with van der Waals surface area (Å²) in [5, 5.41) is 0.768. The largest absolute Gasteiger partial charge is 0.494 e. The van der Waals surface area contributed by atoms with Gasteiger partial charge in [0.1, 0.15) is 5.75 Å². The average Bonchev–Trinajstić information content (AvgIpc) is 2.81. The van der Waals surface area contributed by atoms with Crippen molar-refractivity contribution in [3.05, 3.63) is 101 Å². The highest BCUT2D eigenvalue weighted by Gasteiger charge is 2.26. The smallest absolute Gasteiger partial charge is 0.252 e. The summed E-state index contributed by atoms with van der Waals surface area (Å²) >= 11 is 0. The quantitative estimate of drug-likeness (QED) is 0.443. The summed E-state index contributed by atoms with van der Waals surface area (Å²) in [6.45, 7) is 2.42. The first-order valence-corrected chi connectivity index (χ1v) is 11.6. The van der Waals surface area contributed by atoms with Crippen LogP contribution in [0.2, 0.25) is 0 Å². The van der Waals surface area contributed by atoms with Crippen molar-refractivity contribution in [3.63, 3.8) is 0 Å². The van der Waals surface area contributed by atoms with Gasteiger partial charge in [0.25, 0.3) is 5.56 Å². The molecule has 0 bridgehead atoms. The first-order valence-electron chi connectivity index (χ1n) is 10.2. The number of nitrogens with one attached hydrogen (secondary N) is 1. The number of nitrogens with zero attached hydrogens (tertiary/aromatic N) is 2. The Balaban J connectivity index is 1.75. The summed E-state index contributed by atoms with van der Waals surface area (Å²) in [6.07, 6.45) is 3.25. The molecule has 7 nitrogen and oxygen atoms in total. The Labute approximate surface area is 186 Å². The Morgan fingerprint density at radius 3 is 2.53 bits per heavy atom. The molecule has 0 unspecified atom stereocenters. The van der Waals surface area contributed by atoms with E-state index < -0.39 is 10.0 Å². The zero-order valence-corrected chi connectivity index (χ0v) is 18.4. The van der Waals surface area contributed by atoms with Gasteiger partial charge in [0.2, 0.25) is 10.0 Å². The summed E-state index contributed by atoms with van der Waals surface area (Å²) in [7, 11) is -3.86.